The monoisotopic (exact) mass is 385 g/mol. The molecule has 0 fully saturated rings. The summed E-state index contributed by atoms with van der Waals surface area (Å²) in [5, 5.41) is 7.84. The van der Waals surface area contributed by atoms with Gasteiger partial charge in [-0.1, -0.05) is 25.1 Å². The lowest BCUT2D eigenvalue weighted by Crippen LogP contribution is -2.23. The molecule has 2 aromatic rings. The number of nitrogens with zero attached hydrogens (tertiary/aromatic N) is 2. The Morgan fingerprint density at radius 2 is 2.15 bits per heavy atom. The molecule has 1 aromatic heterocycles. The smallest absolute Gasteiger partial charge is 0.161 e. The van der Waals surface area contributed by atoms with Crippen LogP contribution in [-0.4, -0.2) is 23.9 Å². The fourth-order valence-electron chi connectivity index (χ4n) is 2.36. The van der Waals surface area contributed by atoms with E-state index in [2.05, 4.69) is 64.2 Å². The van der Waals surface area contributed by atoms with Crippen LogP contribution in [0.15, 0.2) is 30.5 Å². The molecule has 0 aliphatic heterocycles. The molecular formula is C15H20IN3O. The fourth-order valence-corrected chi connectivity index (χ4v) is 3.06. The zero-order valence-electron chi connectivity index (χ0n) is 12.1. The summed E-state index contributed by atoms with van der Waals surface area (Å²) in [6, 6.07) is 8.46. The van der Waals surface area contributed by atoms with Gasteiger partial charge in [0.25, 0.3) is 0 Å². The Kier molecular flexibility index (Phi) is 5.42. The Morgan fingerprint density at radius 3 is 2.75 bits per heavy atom. The summed E-state index contributed by atoms with van der Waals surface area (Å²) < 4.78 is 8.75. The third-order valence-corrected chi connectivity index (χ3v) is 4.26. The van der Waals surface area contributed by atoms with Crippen LogP contribution in [0.25, 0.3) is 0 Å². The predicted molar refractivity (Wildman–Crippen MR) is 89.1 cm³/mol. The quantitative estimate of drug-likeness (QED) is 0.777. The van der Waals surface area contributed by atoms with E-state index in [9.17, 15) is 0 Å². The maximum Gasteiger partial charge on any atom is 0.161 e. The van der Waals surface area contributed by atoms with Crippen molar-refractivity contribution in [2.45, 2.75) is 25.9 Å². The van der Waals surface area contributed by atoms with Gasteiger partial charge in [0.15, 0.2) is 5.75 Å². The Balaban J connectivity index is 2.51. The number of halogens is 1. The van der Waals surface area contributed by atoms with Gasteiger partial charge in [0.2, 0.25) is 0 Å². The topological polar surface area (TPSA) is 39.1 Å². The molecule has 0 amide bonds. The van der Waals surface area contributed by atoms with E-state index in [4.69, 9.17) is 4.74 Å². The summed E-state index contributed by atoms with van der Waals surface area (Å²) in [6.07, 6.45) is 2.84. The van der Waals surface area contributed by atoms with E-state index >= 15 is 0 Å². The Bertz CT molecular complexity index is 568. The number of methoxy groups -OCH3 is 1. The molecular weight excluding hydrogens is 365 g/mol. The van der Waals surface area contributed by atoms with Crippen LogP contribution in [0.5, 0.6) is 5.75 Å². The molecule has 0 saturated carbocycles. The van der Waals surface area contributed by atoms with Crippen LogP contribution >= 0.6 is 22.6 Å². The van der Waals surface area contributed by atoms with Crippen LogP contribution in [0.3, 0.4) is 0 Å². The number of rotatable bonds is 6. The van der Waals surface area contributed by atoms with Gasteiger partial charge in [-0.2, -0.15) is 5.10 Å². The zero-order valence-corrected chi connectivity index (χ0v) is 14.2. The predicted octanol–water partition coefficient (Wildman–Crippen LogP) is 3.22. The third kappa shape index (κ3) is 2.98. The first-order chi connectivity index (χ1) is 9.72. The van der Waals surface area contributed by atoms with Crippen molar-refractivity contribution in [2.24, 2.45) is 0 Å². The number of hydrogen-bond donors (Lipinski definition) is 1. The minimum Gasteiger partial charge on any atom is -0.493 e. The van der Waals surface area contributed by atoms with Crippen molar-refractivity contribution < 1.29 is 4.74 Å². The van der Waals surface area contributed by atoms with Crippen LogP contribution in [-0.2, 0) is 6.54 Å². The summed E-state index contributed by atoms with van der Waals surface area (Å²) in [4.78, 5) is 0. The number of benzene rings is 1. The van der Waals surface area contributed by atoms with Crippen LogP contribution in [0, 0.1) is 3.57 Å². The lowest BCUT2D eigenvalue weighted by molar-refractivity contribution is 0.400. The SMILES string of the molecule is CCCn1ncc(OC)c1C(NC)c1ccccc1I. The van der Waals surface area contributed by atoms with Gasteiger partial charge in [0, 0.05) is 10.1 Å². The second kappa shape index (κ2) is 7.08. The highest BCUT2D eigenvalue weighted by Gasteiger charge is 2.23. The van der Waals surface area contributed by atoms with E-state index in [0.29, 0.717) is 0 Å². The molecule has 0 bridgehead atoms. The van der Waals surface area contributed by atoms with Gasteiger partial charge in [-0.05, 0) is 47.7 Å². The molecule has 1 aromatic carbocycles. The van der Waals surface area contributed by atoms with E-state index in [-0.39, 0.29) is 6.04 Å². The minimum absolute atomic E-state index is 0.0760. The molecule has 0 aliphatic carbocycles. The average molecular weight is 385 g/mol. The molecule has 4 nitrogen and oxygen atoms in total. The summed E-state index contributed by atoms with van der Waals surface area (Å²) in [6.45, 7) is 3.04. The van der Waals surface area contributed by atoms with Crippen LogP contribution < -0.4 is 10.1 Å². The molecule has 0 saturated heterocycles. The van der Waals surface area contributed by atoms with Crippen molar-refractivity contribution in [2.75, 3.05) is 14.2 Å². The molecule has 0 aliphatic rings. The van der Waals surface area contributed by atoms with E-state index in [1.54, 1.807) is 13.3 Å². The summed E-state index contributed by atoms with van der Waals surface area (Å²) in [5.74, 6) is 0.831. The number of aryl methyl sites for hydroxylation is 1. The normalized spacial score (nSPS) is 12.4. The lowest BCUT2D eigenvalue weighted by Gasteiger charge is -2.20. The van der Waals surface area contributed by atoms with Gasteiger partial charge < -0.3 is 10.1 Å². The fraction of sp³-hybridized carbons (Fsp3) is 0.400. The van der Waals surface area contributed by atoms with Crippen molar-refractivity contribution in [1.29, 1.82) is 0 Å². The number of aromatic nitrogens is 2. The van der Waals surface area contributed by atoms with Crippen molar-refractivity contribution in [3.05, 3.63) is 45.3 Å². The van der Waals surface area contributed by atoms with Crippen LogP contribution in [0.4, 0.5) is 0 Å². The summed E-state index contributed by atoms with van der Waals surface area (Å²) >= 11 is 2.37. The third-order valence-electron chi connectivity index (χ3n) is 3.28. The van der Waals surface area contributed by atoms with E-state index < -0.39 is 0 Å². The Labute approximate surface area is 133 Å². The van der Waals surface area contributed by atoms with Crippen LogP contribution in [0.2, 0.25) is 0 Å². The lowest BCUT2D eigenvalue weighted by atomic mass is 10.0. The van der Waals surface area contributed by atoms with Crippen LogP contribution in [0.1, 0.15) is 30.6 Å². The van der Waals surface area contributed by atoms with Crippen molar-refractivity contribution in [3.63, 3.8) is 0 Å². The maximum absolute atomic E-state index is 5.49. The van der Waals surface area contributed by atoms with Gasteiger partial charge in [0.05, 0.1) is 19.3 Å². The first-order valence-corrected chi connectivity index (χ1v) is 7.82. The van der Waals surface area contributed by atoms with Crippen molar-refractivity contribution >= 4 is 22.6 Å². The van der Waals surface area contributed by atoms with Gasteiger partial charge in [0.1, 0.15) is 5.69 Å². The largest absolute Gasteiger partial charge is 0.493 e. The molecule has 1 heterocycles. The van der Waals surface area contributed by atoms with E-state index in [1.807, 2.05) is 11.7 Å². The highest BCUT2D eigenvalue weighted by atomic mass is 127. The summed E-state index contributed by atoms with van der Waals surface area (Å²) in [5.41, 5.74) is 2.33. The van der Waals surface area contributed by atoms with E-state index in [0.717, 1.165) is 24.4 Å². The molecule has 0 radical (unpaired) electrons. The average Bonchev–Trinajstić information content (AvgIpc) is 2.85. The Hall–Kier alpha value is -1.08. The van der Waals surface area contributed by atoms with E-state index in [1.165, 1.54) is 9.13 Å². The second-order valence-electron chi connectivity index (χ2n) is 4.56. The van der Waals surface area contributed by atoms with Gasteiger partial charge in [-0.3, -0.25) is 4.68 Å². The van der Waals surface area contributed by atoms with Gasteiger partial charge in [-0.25, -0.2) is 0 Å². The second-order valence-corrected chi connectivity index (χ2v) is 5.73. The molecule has 20 heavy (non-hydrogen) atoms. The van der Waals surface area contributed by atoms with Crippen molar-refractivity contribution in [1.82, 2.24) is 15.1 Å². The minimum atomic E-state index is 0.0760. The standard InChI is InChI=1S/C15H20IN3O/c1-4-9-19-15(13(20-3)10-18-19)14(17-2)11-7-5-6-8-12(11)16/h5-8,10,14,17H,4,9H2,1-3H3. The molecule has 108 valence electrons. The molecule has 5 heteroatoms. The number of nitrogens with one attached hydrogen (secondary N) is 1. The molecule has 2 rings (SSSR count). The van der Waals surface area contributed by atoms with Gasteiger partial charge >= 0.3 is 0 Å². The highest BCUT2D eigenvalue weighted by Crippen LogP contribution is 2.32. The number of ether oxygens (including phenoxy) is 1. The first kappa shape index (κ1) is 15.3. The first-order valence-electron chi connectivity index (χ1n) is 6.74. The Morgan fingerprint density at radius 1 is 1.40 bits per heavy atom. The zero-order chi connectivity index (χ0) is 14.5. The molecule has 1 unspecified atom stereocenters. The molecule has 0 spiro atoms. The van der Waals surface area contributed by atoms with Gasteiger partial charge in [-0.15, -0.1) is 0 Å². The summed E-state index contributed by atoms with van der Waals surface area (Å²) in [7, 11) is 3.66. The number of hydrogen-bond acceptors (Lipinski definition) is 3. The molecule has 1 N–H and O–H groups in total. The molecule has 1 atom stereocenters. The highest BCUT2D eigenvalue weighted by molar-refractivity contribution is 14.1. The maximum atomic E-state index is 5.49. The van der Waals surface area contributed by atoms with Crippen molar-refractivity contribution in [3.8, 4) is 5.75 Å².